The van der Waals surface area contributed by atoms with Crippen LogP contribution in [0, 0.1) is 0 Å². The van der Waals surface area contributed by atoms with Crippen molar-refractivity contribution in [1.29, 1.82) is 0 Å². The van der Waals surface area contributed by atoms with Gasteiger partial charge in [0.2, 0.25) is 0 Å². The Kier molecular flexibility index (Phi) is 6.42. The van der Waals surface area contributed by atoms with Gasteiger partial charge in [0.05, 0.1) is 11.2 Å². The second kappa shape index (κ2) is 9.10. The van der Waals surface area contributed by atoms with Gasteiger partial charge in [0.15, 0.2) is 0 Å². The molecule has 0 radical (unpaired) electrons. The van der Waals surface area contributed by atoms with E-state index in [0.717, 1.165) is 22.0 Å². The van der Waals surface area contributed by atoms with Crippen LogP contribution in [0.25, 0.3) is 16.2 Å². The van der Waals surface area contributed by atoms with Crippen LogP contribution in [0.2, 0.25) is 0 Å². The number of thiophene rings is 1. The zero-order valence-electron chi connectivity index (χ0n) is 18.9. The summed E-state index contributed by atoms with van der Waals surface area (Å²) in [6, 6.07) is 17.9. The van der Waals surface area contributed by atoms with E-state index in [1.165, 1.54) is 4.70 Å². The predicted molar refractivity (Wildman–Crippen MR) is 131 cm³/mol. The summed E-state index contributed by atoms with van der Waals surface area (Å²) >= 11 is 1.69. The highest BCUT2D eigenvalue weighted by Gasteiger charge is 2.52. The van der Waals surface area contributed by atoms with Gasteiger partial charge in [-0.1, -0.05) is 54.6 Å². The number of benzene rings is 2. The van der Waals surface area contributed by atoms with Crippen molar-refractivity contribution < 1.29 is 18.8 Å². The molecule has 0 atom stereocenters. The minimum absolute atomic E-state index is 0.220. The number of rotatable bonds is 6. The van der Waals surface area contributed by atoms with Crippen molar-refractivity contribution in [3.8, 4) is 0 Å². The highest BCUT2D eigenvalue weighted by Crippen LogP contribution is 2.39. The Bertz CT molecular complexity index is 1110. The minimum Gasteiger partial charge on any atom is -0.445 e. The number of carbonyl (C=O) groups is 1. The van der Waals surface area contributed by atoms with Gasteiger partial charge in [-0.3, -0.25) is 0 Å². The summed E-state index contributed by atoms with van der Waals surface area (Å²) in [7, 11) is -0.562. The summed E-state index contributed by atoms with van der Waals surface area (Å²) in [6.07, 6.45) is 1.57. The van der Waals surface area contributed by atoms with Crippen LogP contribution in [0.1, 0.15) is 38.8 Å². The highest BCUT2D eigenvalue weighted by molar-refractivity contribution is 7.17. The normalized spacial score (nSPS) is 17.5. The van der Waals surface area contributed by atoms with E-state index in [-0.39, 0.29) is 13.2 Å². The summed E-state index contributed by atoms with van der Waals surface area (Å²) in [5.74, 6) is 0. The van der Waals surface area contributed by atoms with Crippen molar-refractivity contribution in [3.63, 3.8) is 0 Å². The van der Waals surface area contributed by atoms with Crippen molar-refractivity contribution in [2.75, 3.05) is 6.54 Å². The molecule has 32 heavy (non-hydrogen) atoms. The third kappa shape index (κ3) is 4.90. The van der Waals surface area contributed by atoms with Gasteiger partial charge in [-0.05, 0) is 61.1 Å². The van der Waals surface area contributed by atoms with Gasteiger partial charge in [-0.2, -0.15) is 0 Å². The molecule has 0 unspecified atom stereocenters. The van der Waals surface area contributed by atoms with Gasteiger partial charge in [0.1, 0.15) is 6.61 Å². The third-order valence-corrected chi connectivity index (χ3v) is 7.04. The Morgan fingerprint density at radius 2 is 1.69 bits per heavy atom. The fraction of sp³-hybridized carbons (Fsp3) is 0.320. The molecule has 1 aliphatic heterocycles. The molecule has 4 rings (SSSR count). The van der Waals surface area contributed by atoms with E-state index in [4.69, 9.17) is 14.0 Å². The molecule has 2 heterocycles. The summed E-state index contributed by atoms with van der Waals surface area (Å²) < 4.78 is 19.1. The van der Waals surface area contributed by atoms with Crippen molar-refractivity contribution in [2.24, 2.45) is 0 Å². The SMILES string of the molecule is CC1(C)OB(C(=Cc2csc3ccccc23)CNC(=O)OCc2ccccc2)OC1(C)C. The highest BCUT2D eigenvalue weighted by atomic mass is 32.1. The predicted octanol–water partition coefficient (Wildman–Crippen LogP) is 5.84. The van der Waals surface area contributed by atoms with E-state index in [1.54, 1.807) is 11.3 Å². The number of carbonyl (C=O) groups excluding carboxylic acids is 1. The van der Waals surface area contributed by atoms with E-state index in [1.807, 2.05) is 70.2 Å². The second-order valence-corrected chi connectivity index (χ2v) is 9.82. The molecule has 3 aromatic rings. The molecule has 1 saturated heterocycles. The van der Waals surface area contributed by atoms with E-state index in [0.29, 0.717) is 0 Å². The number of fused-ring (bicyclic) bond motifs is 1. The number of nitrogens with one attached hydrogen (secondary N) is 1. The molecule has 0 spiro atoms. The summed E-state index contributed by atoms with van der Waals surface area (Å²) in [6.45, 7) is 8.56. The lowest BCUT2D eigenvalue weighted by Crippen LogP contribution is -2.41. The molecule has 0 saturated carbocycles. The lowest BCUT2D eigenvalue weighted by Gasteiger charge is -2.32. The lowest BCUT2D eigenvalue weighted by atomic mass is 9.77. The number of hydrogen-bond donors (Lipinski definition) is 1. The largest absolute Gasteiger partial charge is 0.492 e. The Hall–Kier alpha value is -2.61. The Labute approximate surface area is 193 Å². The summed E-state index contributed by atoms with van der Waals surface area (Å²) in [4.78, 5) is 12.4. The standard InChI is InChI=1S/C25H28BNO4S/c1-24(2)25(3,4)31-26(30-24)20(14-19-17-32-22-13-9-8-12-21(19)22)15-27-23(28)29-16-18-10-6-5-7-11-18/h5-14,17H,15-16H2,1-4H3,(H,27,28). The molecule has 1 fully saturated rings. The van der Waals surface area contributed by atoms with E-state index in [2.05, 4.69) is 28.9 Å². The molecule has 7 heteroatoms. The van der Waals surface area contributed by atoms with E-state index >= 15 is 0 Å². The van der Waals surface area contributed by atoms with Crippen LogP contribution >= 0.6 is 11.3 Å². The van der Waals surface area contributed by atoms with Gasteiger partial charge >= 0.3 is 13.2 Å². The fourth-order valence-corrected chi connectivity index (χ4v) is 4.37. The molecular formula is C25H28BNO4S. The van der Waals surface area contributed by atoms with Gasteiger partial charge in [0, 0.05) is 11.2 Å². The van der Waals surface area contributed by atoms with Crippen LogP contribution in [0.5, 0.6) is 0 Å². The van der Waals surface area contributed by atoms with Crippen LogP contribution in [0.3, 0.4) is 0 Å². The molecule has 5 nitrogen and oxygen atoms in total. The average Bonchev–Trinajstić information content (AvgIpc) is 3.27. The van der Waals surface area contributed by atoms with Crippen LogP contribution in [-0.2, 0) is 20.7 Å². The van der Waals surface area contributed by atoms with Crippen LogP contribution in [-0.4, -0.2) is 31.0 Å². The monoisotopic (exact) mass is 449 g/mol. The topological polar surface area (TPSA) is 56.8 Å². The molecule has 166 valence electrons. The van der Waals surface area contributed by atoms with Crippen molar-refractivity contribution in [1.82, 2.24) is 5.32 Å². The second-order valence-electron chi connectivity index (χ2n) is 8.91. The Balaban J connectivity index is 1.52. The van der Waals surface area contributed by atoms with E-state index in [9.17, 15) is 4.79 Å². The van der Waals surface area contributed by atoms with Crippen LogP contribution in [0.15, 0.2) is 65.4 Å². The van der Waals surface area contributed by atoms with Crippen molar-refractivity contribution >= 4 is 40.7 Å². The first-order valence-corrected chi connectivity index (χ1v) is 11.6. The Morgan fingerprint density at radius 3 is 2.41 bits per heavy atom. The fourth-order valence-electron chi connectivity index (χ4n) is 3.46. The van der Waals surface area contributed by atoms with E-state index < -0.39 is 24.4 Å². The smallest absolute Gasteiger partial charge is 0.445 e. The van der Waals surface area contributed by atoms with Crippen molar-refractivity contribution in [3.05, 3.63) is 76.6 Å². The molecule has 1 aliphatic rings. The molecular weight excluding hydrogens is 421 g/mol. The molecule has 1 N–H and O–H groups in total. The molecule has 1 aromatic heterocycles. The first kappa shape index (κ1) is 22.6. The summed E-state index contributed by atoms with van der Waals surface area (Å²) in [5.41, 5.74) is 1.91. The van der Waals surface area contributed by atoms with Gasteiger partial charge < -0.3 is 19.4 Å². The molecule has 0 bridgehead atoms. The molecule has 2 aromatic carbocycles. The van der Waals surface area contributed by atoms with Crippen LogP contribution in [0.4, 0.5) is 4.79 Å². The molecule has 1 amide bonds. The average molecular weight is 449 g/mol. The number of amides is 1. The first-order chi connectivity index (χ1) is 15.2. The third-order valence-electron chi connectivity index (χ3n) is 6.06. The maximum absolute atomic E-state index is 12.4. The maximum Gasteiger partial charge on any atom is 0.492 e. The van der Waals surface area contributed by atoms with Gasteiger partial charge in [-0.15, -0.1) is 11.3 Å². The zero-order chi connectivity index (χ0) is 22.8. The Morgan fingerprint density at radius 1 is 1.03 bits per heavy atom. The number of ether oxygens (including phenoxy) is 1. The quantitative estimate of drug-likeness (QED) is 0.480. The minimum atomic E-state index is -0.562. The number of hydrogen-bond acceptors (Lipinski definition) is 5. The lowest BCUT2D eigenvalue weighted by molar-refractivity contribution is 0.00578. The first-order valence-electron chi connectivity index (χ1n) is 10.7. The van der Waals surface area contributed by atoms with Crippen LogP contribution < -0.4 is 5.32 Å². The van der Waals surface area contributed by atoms with Crippen molar-refractivity contribution in [2.45, 2.75) is 45.5 Å². The van der Waals surface area contributed by atoms with Gasteiger partial charge in [-0.25, -0.2) is 4.79 Å². The maximum atomic E-state index is 12.4. The molecule has 0 aliphatic carbocycles. The zero-order valence-corrected chi connectivity index (χ0v) is 19.7. The van der Waals surface area contributed by atoms with Gasteiger partial charge in [0.25, 0.3) is 0 Å². The summed E-state index contributed by atoms with van der Waals surface area (Å²) in [5, 5.41) is 6.14. The number of alkyl carbamates (subject to hydrolysis) is 1.